The molecule has 0 aromatic heterocycles. The summed E-state index contributed by atoms with van der Waals surface area (Å²) in [6.45, 7) is 4.62. The molecule has 0 spiro atoms. The molecule has 10 heteroatoms. The van der Waals surface area contributed by atoms with Gasteiger partial charge in [0.1, 0.15) is 11.0 Å². The first-order valence-corrected chi connectivity index (χ1v) is 11.2. The number of amides is 2. The summed E-state index contributed by atoms with van der Waals surface area (Å²) >= 11 is 13.1. The number of hydrogen-bond acceptors (Lipinski definition) is 6. The number of rotatable bonds is 6. The van der Waals surface area contributed by atoms with Crippen LogP contribution in [-0.4, -0.2) is 45.4 Å². The van der Waals surface area contributed by atoms with Crippen LogP contribution in [0.3, 0.4) is 0 Å². The Balaban J connectivity index is 1.83. The number of carbonyl (C=O) groups excluding carboxylic acids is 2. The number of benzene rings is 2. The van der Waals surface area contributed by atoms with E-state index in [0.29, 0.717) is 35.4 Å². The van der Waals surface area contributed by atoms with E-state index in [1.165, 1.54) is 28.8 Å². The van der Waals surface area contributed by atoms with Crippen LogP contribution in [0.4, 0.5) is 11.4 Å². The van der Waals surface area contributed by atoms with Gasteiger partial charge < -0.3 is 15.2 Å². The number of ether oxygens (including phenoxy) is 1. The van der Waals surface area contributed by atoms with Gasteiger partial charge in [0, 0.05) is 24.7 Å². The maximum absolute atomic E-state index is 12.9. The predicted octanol–water partition coefficient (Wildman–Crippen LogP) is 5.08. The average molecular weight is 482 g/mol. The van der Waals surface area contributed by atoms with Gasteiger partial charge in [-0.25, -0.2) is 4.99 Å². The summed E-state index contributed by atoms with van der Waals surface area (Å²) in [5, 5.41) is 12.4. The maximum Gasteiger partial charge on any atom is 0.238 e. The van der Waals surface area contributed by atoms with Crippen molar-refractivity contribution >= 4 is 63.3 Å². The molecule has 2 N–H and O–H groups in total. The molecule has 0 saturated carbocycles. The number of carbonyl (C=O) groups is 2. The normalized spacial score (nSPS) is 17.7. The van der Waals surface area contributed by atoms with Crippen LogP contribution in [0.2, 0.25) is 10.0 Å². The molecular weight excluding hydrogens is 461 g/mol. The van der Waals surface area contributed by atoms with E-state index < -0.39 is 5.25 Å². The van der Waals surface area contributed by atoms with Crippen molar-refractivity contribution in [2.24, 2.45) is 4.99 Å². The summed E-state index contributed by atoms with van der Waals surface area (Å²) in [5.74, 6) is -0.108. The lowest BCUT2D eigenvalue weighted by molar-refractivity contribution is -0.129. The minimum atomic E-state index is -0.659. The van der Waals surface area contributed by atoms with Crippen LogP contribution < -0.4 is 10.1 Å². The van der Waals surface area contributed by atoms with Gasteiger partial charge in [-0.2, -0.15) is 0 Å². The van der Waals surface area contributed by atoms with Crippen LogP contribution in [0.25, 0.3) is 0 Å². The third-order valence-corrected chi connectivity index (χ3v) is 6.15. The summed E-state index contributed by atoms with van der Waals surface area (Å²) in [6.07, 6.45) is 0.0472. The van der Waals surface area contributed by atoms with Gasteiger partial charge in [0.05, 0.1) is 22.3 Å². The molecule has 1 aliphatic rings. The smallest absolute Gasteiger partial charge is 0.238 e. The van der Waals surface area contributed by atoms with E-state index in [1.54, 1.807) is 24.3 Å². The molecule has 164 valence electrons. The van der Waals surface area contributed by atoms with E-state index in [4.69, 9.17) is 27.9 Å². The summed E-state index contributed by atoms with van der Waals surface area (Å²) in [6, 6.07) is 9.95. The van der Waals surface area contributed by atoms with Crippen LogP contribution >= 0.6 is 35.0 Å². The van der Waals surface area contributed by atoms with Crippen molar-refractivity contribution in [3.8, 4) is 11.5 Å². The Hall–Kier alpha value is -2.42. The summed E-state index contributed by atoms with van der Waals surface area (Å²) in [7, 11) is 0. The number of phenols is 1. The highest BCUT2D eigenvalue weighted by Gasteiger charge is 2.35. The van der Waals surface area contributed by atoms with E-state index in [0.717, 1.165) is 0 Å². The number of hydrogen-bond donors (Lipinski definition) is 2. The monoisotopic (exact) mass is 481 g/mol. The van der Waals surface area contributed by atoms with Gasteiger partial charge in [-0.1, -0.05) is 41.0 Å². The van der Waals surface area contributed by atoms with Crippen LogP contribution in [0.5, 0.6) is 11.5 Å². The molecular formula is C21H21Cl2N3O4S. The Morgan fingerprint density at radius 3 is 2.65 bits per heavy atom. The SMILES string of the molecule is CCOc1cccc(NC(=O)C2CC(=O)N(CC)C(=Nc3cc(Cl)c(O)c(Cl)c3)S2)c1. The second kappa shape index (κ2) is 10.3. The first-order chi connectivity index (χ1) is 14.8. The highest BCUT2D eigenvalue weighted by atomic mass is 35.5. The van der Waals surface area contributed by atoms with Gasteiger partial charge in [-0.05, 0) is 38.1 Å². The fourth-order valence-corrected chi connectivity index (χ4v) is 4.57. The highest BCUT2D eigenvalue weighted by Crippen LogP contribution is 2.37. The van der Waals surface area contributed by atoms with Crippen LogP contribution in [0, 0.1) is 0 Å². The second-order valence-corrected chi connectivity index (χ2v) is 8.54. The molecule has 0 bridgehead atoms. The number of nitrogens with one attached hydrogen (secondary N) is 1. The van der Waals surface area contributed by atoms with E-state index in [2.05, 4.69) is 10.3 Å². The molecule has 3 rings (SSSR count). The molecule has 7 nitrogen and oxygen atoms in total. The number of aliphatic imine (C=N–C) groups is 1. The molecule has 2 aromatic rings. The first-order valence-electron chi connectivity index (χ1n) is 9.59. The zero-order valence-corrected chi connectivity index (χ0v) is 19.2. The molecule has 1 heterocycles. The minimum absolute atomic E-state index is 0.0468. The zero-order chi connectivity index (χ0) is 22.5. The van der Waals surface area contributed by atoms with Crippen molar-refractivity contribution in [2.75, 3.05) is 18.5 Å². The van der Waals surface area contributed by atoms with Gasteiger partial charge in [-0.15, -0.1) is 0 Å². The van der Waals surface area contributed by atoms with Crippen molar-refractivity contribution < 1.29 is 19.4 Å². The van der Waals surface area contributed by atoms with Gasteiger partial charge >= 0.3 is 0 Å². The number of anilines is 1. The number of thioether (sulfide) groups is 1. The number of nitrogens with zero attached hydrogens (tertiary/aromatic N) is 2. The first kappa shape index (κ1) is 23.2. The molecule has 2 aromatic carbocycles. The van der Waals surface area contributed by atoms with Crippen molar-refractivity contribution in [1.29, 1.82) is 0 Å². The number of amidine groups is 1. The van der Waals surface area contributed by atoms with Crippen molar-refractivity contribution in [3.63, 3.8) is 0 Å². The van der Waals surface area contributed by atoms with E-state index in [1.807, 2.05) is 13.8 Å². The number of phenolic OH excluding ortho intramolecular Hbond substituents is 1. The summed E-state index contributed by atoms with van der Waals surface area (Å²) in [4.78, 5) is 31.5. The second-order valence-electron chi connectivity index (χ2n) is 6.55. The van der Waals surface area contributed by atoms with Gasteiger partial charge in [0.25, 0.3) is 0 Å². The van der Waals surface area contributed by atoms with Gasteiger partial charge in [0.15, 0.2) is 10.9 Å². The van der Waals surface area contributed by atoms with E-state index in [-0.39, 0.29) is 34.0 Å². The molecule has 1 fully saturated rings. The molecule has 31 heavy (non-hydrogen) atoms. The van der Waals surface area contributed by atoms with E-state index in [9.17, 15) is 14.7 Å². The molecule has 1 aliphatic heterocycles. The Morgan fingerprint density at radius 1 is 1.29 bits per heavy atom. The van der Waals surface area contributed by atoms with Crippen LogP contribution in [0.15, 0.2) is 41.4 Å². The van der Waals surface area contributed by atoms with Crippen LogP contribution in [-0.2, 0) is 9.59 Å². The molecule has 2 amide bonds. The lowest BCUT2D eigenvalue weighted by Crippen LogP contribution is -2.45. The lowest BCUT2D eigenvalue weighted by Gasteiger charge is -2.31. The number of aromatic hydroxyl groups is 1. The van der Waals surface area contributed by atoms with Gasteiger partial charge in [-0.3, -0.25) is 14.5 Å². The van der Waals surface area contributed by atoms with Crippen LogP contribution in [0.1, 0.15) is 20.3 Å². The molecule has 1 unspecified atom stereocenters. The molecule has 1 atom stereocenters. The molecule has 1 saturated heterocycles. The largest absolute Gasteiger partial charge is 0.505 e. The predicted molar refractivity (Wildman–Crippen MR) is 125 cm³/mol. The maximum atomic E-state index is 12.9. The average Bonchev–Trinajstić information content (AvgIpc) is 2.72. The zero-order valence-electron chi connectivity index (χ0n) is 16.9. The Morgan fingerprint density at radius 2 is 2.00 bits per heavy atom. The fraction of sp³-hybridized carbons (Fsp3) is 0.286. The Bertz CT molecular complexity index is 1010. The highest BCUT2D eigenvalue weighted by molar-refractivity contribution is 8.15. The molecule has 0 aliphatic carbocycles. The number of halogens is 2. The third kappa shape index (κ3) is 5.64. The quantitative estimate of drug-likeness (QED) is 0.600. The third-order valence-electron chi connectivity index (χ3n) is 4.39. The Labute approximate surface area is 194 Å². The summed E-state index contributed by atoms with van der Waals surface area (Å²) in [5.41, 5.74) is 0.949. The van der Waals surface area contributed by atoms with Crippen molar-refractivity contribution in [2.45, 2.75) is 25.5 Å². The topological polar surface area (TPSA) is 91.2 Å². The fourth-order valence-electron chi connectivity index (χ4n) is 2.93. The molecule has 0 radical (unpaired) electrons. The van der Waals surface area contributed by atoms with Gasteiger partial charge in [0.2, 0.25) is 11.8 Å². The minimum Gasteiger partial charge on any atom is -0.505 e. The van der Waals surface area contributed by atoms with Crippen molar-refractivity contribution in [3.05, 3.63) is 46.4 Å². The van der Waals surface area contributed by atoms with E-state index >= 15 is 0 Å². The lowest BCUT2D eigenvalue weighted by atomic mass is 10.2. The summed E-state index contributed by atoms with van der Waals surface area (Å²) < 4.78 is 5.45. The standard InChI is InChI=1S/C21H21Cl2N3O4S/c1-3-26-18(27)11-17(20(29)24-12-6-5-7-14(8-12)30-4-2)31-21(26)25-13-9-15(22)19(28)16(23)10-13/h5-10,17,28H,3-4,11H2,1-2H3,(H,24,29). The van der Waals surface area contributed by atoms with Crippen molar-refractivity contribution in [1.82, 2.24) is 4.90 Å². The Kier molecular flexibility index (Phi) is 7.69.